The Hall–Kier alpha value is -1.36. The molecule has 112 valence electrons. The van der Waals surface area contributed by atoms with Crippen LogP contribution < -0.4 is 5.32 Å². The van der Waals surface area contributed by atoms with Crippen molar-refractivity contribution in [2.24, 2.45) is 0 Å². The van der Waals surface area contributed by atoms with Crippen LogP contribution in [0.3, 0.4) is 0 Å². The highest BCUT2D eigenvalue weighted by atomic mass is 16.1. The number of likely N-dealkylation sites (tertiary alicyclic amines) is 1. The van der Waals surface area contributed by atoms with E-state index in [9.17, 15) is 4.79 Å². The molecule has 5 nitrogen and oxygen atoms in total. The molecule has 0 radical (unpaired) electrons. The van der Waals surface area contributed by atoms with Crippen molar-refractivity contribution in [1.29, 1.82) is 0 Å². The molecule has 20 heavy (non-hydrogen) atoms. The number of nitrogens with one attached hydrogen (secondary N) is 2. The van der Waals surface area contributed by atoms with Gasteiger partial charge >= 0.3 is 0 Å². The maximum atomic E-state index is 12.2. The highest BCUT2D eigenvalue weighted by Crippen LogP contribution is 2.16. The van der Waals surface area contributed by atoms with Crippen molar-refractivity contribution < 1.29 is 4.79 Å². The van der Waals surface area contributed by atoms with Gasteiger partial charge in [0.25, 0.3) is 5.91 Å². The molecular weight excluding hydrogens is 252 g/mol. The maximum Gasteiger partial charge on any atom is 0.254 e. The van der Waals surface area contributed by atoms with Gasteiger partial charge in [-0.1, -0.05) is 20.3 Å². The molecular formula is C15H26N4O. The Morgan fingerprint density at radius 1 is 1.55 bits per heavy atom. The normalized spacial score (nSPS) is 20.3. The zero-order chi connectivity index (χ0) is 14.5. The molecule has 5 heteroatoms. The van der Waals surface area contributed by atoms with Crippen molar-refractivity contribution in [1.82, 2.24) is 20.4 Å². The summed E-state index contributed by atoms with van der Waals surface area (Å²) in [4.78, 5) is 14.6. The van der Waals surface area contributed by atoms with Crippen molar-refractivity contribution in [2.75, 3.05) is 19.6 Å². The first-order valence-electron chi connectivity index (χ1n) is 7.65. The Balaban J connectivity index is 1.81. The van der Waals surface area contributed by atoms with E-state index >= 15 is 0 Å². The Bertz CT molecular complexity index is 441. The van der Waals surface area contributed by atoms with E-state index in [0.29, 0.717) is 18.2 Å². The van der Waals surface area contributed by atoms with Gasteiger partial charge in [-0.15, -0.1) is 0 Å². The quantitative estimate of drug-likeness (QED) is 0.867. The van der Waals surface area contributed by atoms with Crippen molar-refractivity contribution in [3.05, 3.63) is 17.5 Å². The van der Waals surface area contributed by atoms with Crippen LogP contribution in [0.2, 0.25) is 0 Å². The molecule has 1 aromatic rings. The lowest BCUT2D eigenvalue weighted by atomic mass is 10.0. The Kier molecular flexibility index (Phi) is 5.17. The number of rotatable bonds is 5. The van der Waals surface area contributed by atoms with Gasteiger partial charge in [-0.3, -0.25) is 14.8 Å². The molecule has 0 aromatic carbocycles. The summed E-state index contributed by atoms with van der Waals surface area (Å²) < 4.78 is 0. The lowest BCUT2D eigenvalue weighted by molar-refractivity contribution is 0.0937. The van der Waals surface area contributed by atoms with E-state index in [-0.39, 0.29) is 11.8 Å². The number of hydrogen-bond acceptors (Lipinski definition) is 3. The summed E-state index contributed by atoms with van der Waals surface area (Å²) in [7, 11) is 0. The van der Waals surface area contributed by atoms with Crippen LogP contribution in [0.15, 0.2) is 6.20 Å². The molecule has 2 N–H and O–H groups in total. The number of piperidine rings is 1. The second-order valence-electron chi connectivity index (χ2n) is 5.99. The number of carbonyl (C=O) groups excluding carboxylic acids is 1. The summed E-state index contributed by atoms with van der Waals surface area (Å²) in [6.07, 6.45) is 5.50. The third-order valence-corrected chi connectivity index (χ3v) is 4.12. The van der Waals surface area contributed by atoms with Crippen LogP contribution in [0.5, 0.6) is 0 Å². The fourth-order valence-corrected chi connectivity index (χ4v) is 2.82. The fraction of sp³-hybridized carbons (Fsp3) is 0.733. The summed E-state index contributed by atoms with van der Waals surface area (Å²) in [5.74, 6) is 0.257. The molecule has 0 spiro atoms. The molecule has 1 aliphatic heterocycles. The largest absolute Gasteiger partial charge is 0.351 e. The molecule has 0 saturated carbocycles. The van der Waals surface area contributed by atoms with Gasteiger partial charge in [0.1, 0.15) is 0 Å². The van der Waals surface area contributed by atoms with Crippen molar-refractivity contribution in [3.8, 4) is 0 Å². The highest BCUT2D eigenvalue weighted by Gasteiger charge is 2.19. The fourth-order valence-electron chi connectivity index (χ4n) is 2.82. The molecule has 1 atom stereocenters. The predicted molar refractivity (Wildman–Crippen MR) is 79.9 cm³/mol. The summed E-state index contributed by atoms with van der Waals surface area (Å²) in [5, 5.41) is 9.90. The number of aromatic amines is 1. The molecule has 1 saturated heterocycles. The van der Waals surface area contributed by atoms with Gasteiger partial charge in [-0.05, 0) is 32.2 Å². The number of amides is 1. The van der Waals surface area contributed by atoms with Crippen molar-refractivity contribution >= 4 is 5.91 Å². The molecule has 1 fully saturated rings. The van der Waals surface area contributed by atoms with E-state index in [4.69, 9.17) is 0 Å². The van der Waals surface area contributed by atoms with Gasteiger partial charge in [-0.25, -0.2) is 0 Å². The van der Waals surface area contributed by atoms with E-state index in [1.807, 2.05) is 0 Å². The summed E-state index contributed by atoms with van der Waals surface area (Å²) in [6.45, 7) is 9.17. The van der Waals surface area contributed by atoms with Gasteiger partial charge in [0.05, 0.1) is 17.5 Å². The molecule has 0 aliphatic carbocycles. The van der Waals surface area contributed by atoms with E-state index in [1.54, 1.807) is 6.20 Å². The number of carbonyl (C=O) groups is 1. The zero-order valence-electron chi connectivity index (χ0n) is 12.8. The van der Waals surface area contributed by atoms with Crippen molar-refractivity contribution in [2.45, 2.75) is 52.0 Å². The highest BCUT2D eigenvalue weighted by molar-refractivity contribution is 5.95. The van der Waals surface area contributed by atoms with Crippen LogP contribution in [0.4, 0.5) is 0 Å². The van der Waals surface area contributed by atoms with Crippen LogP contribution in [-0.4, -0.2) is 46.7 Å². The van der Waals surface area contributed by atoms with Gasteiger partial charge in [0, 0.05) is 19.1 Å². The van der Waals surface area contributed by atoms with Gasteiger partial charge in [0.2, 0.25) is 0 Å². The molecule has 0 bridgehead atoms. The first-order chi connectivity index (χ1) is 9.59. The minimum absolute atomic E-state index is 0.0212. The zero-order valence-corrected chi connectivity index (χ0v) is 12.8. The lowest BCUT2D eigenvalue weighted by Gasteiger charge is -2.33. The standard InChI is InChI=1S/C15H26N4O/c1-11(2)14-13(10-17-18-14)15(20)16-7-9-19-8-5-4-6-12(19)3/h10-12H,4-9H2,1-3H3,(H,16,20)(H,17,18). The minimum Gasteiger partial charge on any atom is -0.351 e. The van der Waals surface area contributed by atoms with Crippen LogP contribution >= 0.6 is 0 Å². The summed E-state index contributed by atoms with van der Waals surface area (Å²) in [6, 6.07) is 0.640. The van der Waals surface area contributed by atoms with E-state index in [0.717, 1.165) is 18.8 Å². The van der Waals surface area contributed by atoms with Crippen LogP contribution in [0, 0.1) is 0 Å². The lowest BCUT2D eigenvalue weighted by Crippen LogP contribution is -2.42. The van der Waals surface area contributed by atoms with Crippen LogP contribution in [0.25, 0.3) is 0 Å². The molecule has 1 unspecified atom stereocenters. The topological polar surface area (TPSA) is 61.0 Å². The monoisotopic (exact) mass is 278 g/mol. The average molecular weight is 278 g/mol. The third kappa shape index (κ3) is 3.60. The molecule has 1 amide bonds. The number of aromatic nitrogens is 2. The van der Waals surface area contributed by atoms with Gasteiger partial charge in [-0.2, -0.15) is 5.10 Å². The van der Waals surface area contributed by atoms with Gasteiger partial charge < -0.3 is 5.32 Å². The minimum atomic E-state index is -0.0212. The molecule has 2 heterocycles. The second kappa shape index (κ2) is 6.88. The summed E-state index contributed by atoms with van der Waals surface area (Å²) >= 11 is 0. The van der Waals surface area contributed by atoms with Crippen molar-refractivity contribution in [3.63, 3.8) is 0 Å². The van der Waals surface area contributed by atoms with Crippen LogP contribution in [-0.2, 0) is 0 Å². The first-order valence-corrected chi connectivity index (χ1v) is 7.65. The van der Waals surface area contributed by atoms with E-state index < -0.39 is 0 Å². The molecule has 1 aliphatic rings. The SMILES string of the molecule is CC(C)c1[nH]ncc1C(=O)NCCN1CCCCC1C. The number of nitrogens with zero attached hydrogens (tertiary/aromatic N) is 2. The van der Waals surface area contributed by atoms with E-state index in [2.05, 4.69) is 41.2 Å². The summed E-state index contributed by atoms with van der Waals surface area (Å²) in [5.41, 5.74) is 1.58. The average Bonchev–Trinajstić information content (AvgIpc) is 2.90. The van der Waals surface area contributed by atoms with Gasteiger partial charge in [0.15, 0.2) is 0 Å². The van der Waals surface area contributed by atoms with Crippen LogP contribution in [0.1, 0.15) is 62.0 Å². The Labute approximate surface area is 121 Å². The Morgan fingerprint density at radius 2 is 2.35 bits per heavy atom. The molecule has 2 rings (SSSR count). The molecule has 1 aromatic heterocycles. The first kappa shape index (κ1) is 15.0. The second-order valence-corrected chi connectivity index (χ2v) is 5.99. The number of hydrogen-bond donors (Lipinski definition) is 2. The third-order valence-electron chi connectivity index (χ3n) is 4.12. The maximum absolute atomic E-state index is 12.2. The smallest absolute Gasteiger partial charge is 0.254 e. The Morgan fingerprint density at radius 3 is 3.05 bits per heavy atom. The number of H-pyrrole nitrogens is 1. The van der Waals surface area contributed by atoms with E-state index in [1.165, 1.54) is 19.3 Å². The predicted octanol–water partition coefficient (Wildman–Crippen LogP) is 2.14.